The topological polar surface area (TPSA) is 39.2 Å². The van der Waals surface area contributed by atoms with E-state index in [-0.39, 0.29) is 27.3 Å². The van der Waals surface area contributed by atoms with Gasteiger partial charge in [0.15, 0.2) is 0 Å². The minimum atomic E-state index is -2.72. The predicted molar refractivity (Wildman–Crippen MR) is 67.3 cm³/mol. The minimum Gasteiger partial charge on any atom is -0.466 e. The average molecular weight is 376 g/mol. The smallest absolute Gasteiger partial charge is 0.310 e. The molecule has 0 aromatic carbocycles. The van der Waals surface area contributed by atoms with Gasteiger partial charge in [-0.1, -0.05) is 11.6 Å². The number of pyridine rings is 1. The summed E-state index contributed by atoms with van der Waals surface area (Å²) in [6.07, 6.45) is -1.49. The van der Waals surface area contributed by atoms with E-state index >= 15 is 0 Å². The number of alkyl halides is 2. The largest absolute Gasteiger partial charge is 0.466 e. The normalized spacial score (nSPS) is 10.7. The monoisotopic (exact) mass is 375 g/mol. The fourth-order valence-electron chi connectivity index (χ4n) is 1.20. The van der Waals surface area contributed by atoms with Crippen molar-refractivity contribution in [1.29, 1.82) is 0 Å². The maximum absolute atomic E-state index is 12.7. The van der Waals surface area contributed by atoms with E-state index in [4.69, 9.17) is 16.3 Å². The zero-order valence-corrected chi connectivity index (χ0v) is 11.8. The summed E-state index contributed by atoms with van der Waals surface area (Å²) in [6, 6.07) is 0. The number of carbonyl (C=O) groups is 1. The number of ether oxygens (including phenoxy) is 1. The molecule has 0 aliphatic carbocycles. The molecule has 0 saturated heterocycles. The summed E-state index contributed by atoms with van der Waals surface area (Å²) < 4.78 is 30.4. The molecule has 0 fully saturated rings. The molecule has 7 heteroatoms. The van der Waals surface area contributed by atoms with Gasteiger partial charge in [-0.05, 0) is 35.1 Å². The lowest BCUT2D eigenvalue weighted by Gasteiger charge is -2.10. The summed E-state index contributed by atoms with van der Waals surface area (Å²) in [5.74, 6) is -0.477. The highest BCUT2D eigenvalue weighted by Crippen LogP contribution is 2.31. The third-order valence-corrected chi connectivity index (χ3v) is 3.51. The van der Waals surface area contributed by atoms with Gasteiger partial charge in [-0.3, -0.25) is 4.79 Å². The predicted octanol–water partition coefficient (Wildman–Crippen LogP) is 3.38. The number of rotatable bonds is 4. The van der Waals surface area contributed by atoms with Crippen LogP contribution in [0.4, 0.5) is 8.78 Å². The van der Waals surface area contributed by atoms with Crippen molar-refractivity contribution in [2.75, 3.05) is 6.61 Å². The third-order valence-electron chi connectivity index (χ3n) is 1.93. The Balaban J connectivity index is 3.02. The number of esters is 1. The van der Waals surface area contributed by atoms with E-state index in [0.717, 1.165) is 0 Å². The number of carbonyl (C=O) groups excluding carboxylic acids is 1. The van der Waals surface area contributed by atoms with E-state index in [1.807, 2.05) is 0 Å². The summed E-state index contributed by atoms with van der Waals surface area (Å²) in [5, 5.41) is -0.239. The van der Waals surface area contributed by atoms with Crippen molar-refractivity contribution in [2.45, 2.75) is 19.8 Å². The van der Waals surface area contributed by atoms with Crippen LogP contribution in [0.25, 0.3) is 0 Å². The molecule has 1 aromatic heterocycles. The Morgan fingerprint density at radius 1 is 1.65 bits per heavy atom. The van der Waals surface area contributed by atoms with Crippen LogP contribution in [0.2, 0.25) is 5.15 Å². The molecule has 0 unspecified atom stereocenters. The molecule has 17 heavy (non-hydrogen) atoms. The molecule has 0 bridgehead atoms. The lowest BCUT2D eigenvalue weighted by Crippen LogP contribution is -2.10. The quantitative estimate of drug-likeness (QED) is 0.460. The van der Waals surface area contributed by atoms with Crippen LogP contribution < -0.4 is 0 Å². The highest BCUT2D eigenvalue weighted by molar-refractivity contribution is 14.1. The number of hydrogen-bond donors (Lipinski definition) is 0. The van der Waals surface area contributed by atoms with Crippen molar-refractivity contribution in [3.8, 4) is 0 Å². The molecule has 0 spiro atoms. The van der Waals surface area contributed by atoms with Crippen LogP contribution in [0, 0.1) is 3.57 Å². The molecule has 94 valence electrons. The van der Waals surface area contributed by atoms with Crippen molar-refractivity contribution >= 4 is 40.2 Å². The molecule has 0 aliphatic rings. The SMILES string of the molecule is CCOC(=O)Cc1cnc(Cl)c(C(F)F)c1I. The second-order valence-electron chi connectivity index (χ2n) is 3.08. The van der Waals surface area contributed by atoms with Crippen molar-refractivity contribution < 1.29 is 18.3 Å². The molecule has 0 saturated carbocycles. The fraction of sp³-hybridized carbons (Fsp3) is 0.400. The Morgan fingerprint density at radius 2 is 2.29 bits per heavy atom. The first kappa shape index (κ1) is 14.6. The maximum atomic E-state index is 12.7. The van der Waals surface area contributed by atoms with E-state index in [1.54, 1.807) is 29.5 Å². The highest BCUT2D eigenvalue weighted by Gasteiger charge is 2.21. The van der Waals surface area contributed by atoms with E-state index in [2.05, 4.69) is 4.98 Å². The second kappa shape index (κ2) is 6.44. The Hall–Kier alpha value is -0.500. The van der Waals surface area contributed by atoms with Gasteiger partial charge < -0.3 is 4.74 Å². The minimum absolute atomic E-state index is 0.0873. The molecule has 1 aromatic rings. The van der Waals surface area contributed by atoms with Gasteiger partial charge in [-0.15, -0.1) is 0 Å². The second-order valence-corrected chi connectivity index (χ2v) is 4.52. The van der Waals surface area contributed by atoms with Gasteiger partial charge in [0.2, 0.25) is 0 Å². The molecule has 0 radical (unpaired) electrons. The number of hydrogen-bond acceptors (Lipinski definition) is 3. The standard InChI is InChI=1S/C10H9ClF2INO2/c1-2-17-6(16)3-5-4-15-9(11)7(8(5)14)10(12)13/h4,10H,2-3H2,1H3. The van der Waals surface area contributed by atoms with Gasteiger partial charge in [-0.25, -0.2) is 13.8 Å². The Morgan fingerprint density at radius 3 is 2.82 bits per heavy atom. The van der Waals surface area contributed by atoms with Gasteiger partial charge in [0.25, 0.3) is 6.43 Å². The molecule has 1 rings (SSSR count). The number of aromatic nitrogens is 1. The summed E-state index contributed by atoms with van der Waals surface area (Å²) in [4.78, 5) is 14.9. The molecular formula is C10H9ClF2INO2. The molecule has 0 amide bonds. The van der Waals surface area contributed by atoms with Crippen LogP contribution in [-0.4, -0.2) is 17.6 Å². The van der Waals surface area contributed by atoms with Crippen LogP contribution in [0.1, 0.15) is 24.5 Å². The van der Waals surface area contributed by atoms with E-state index < -0.39 is 12.4 Å². The van der Waals surface area contributed by atoms with Crippen LogP contribution in [0.5, 0.6) is 0 Å². The van der Waals surface area contributed by atoms with Gasteiger partial charge >= 0.3 is 5.97 Å². The Labute approximate surface area is 116 Å². The molecule has 0 N–H and O–H groups in total. The molecular weight excluding hydrogens is 366 g/mol. The zero-order valence-electron chi connectivity index (χ0n) is 8.84. The summed E-state index contributed by atoms with van der Waals surface area (Å²) in [5.41, 5.74) is 0.0535. The van der Waals surface area contributed by atoms with E-state index in [9.17, 15) is 13.6 Å². The van der Waals surface area contributed by atoms with E-state index in [1.165, 1.54) is 6.20 Å². The third kappa shape index (κ3) is 3.74. The Bertz CT molecular complexity index is 429. The summed E-state index contributed by atoms with van der Waals surface area (Å²) in [7, 11) is 0. The van der Waals surface area contributed by atoms with Crippen LogP contribution in [0.15, 0.2) is 6.20 Å². The van der Waals surface area contributed by atoms with Gasteiger partial charge in [0, 0.05) is 9.77 Å². The number of nitrogens with zero attached hydrogens (tertiary/aromatic N) is 1. The first-order chi connectivity index (χ1) is 7.97. The first-order valence-electron chi connectivity index (χ1n) is 4.73. The molecule has 1 heterocycles. The highest BCUT2D eigenvalue weighted by atomic mass is 127. The zero-order chi connectivity index (χ0) is 13.0. The van der Waals surface area contributed by atoms with Crippen molar-refractivity contribution in [3.63, 3.8) is 0 Å². The fourth-order valence-corrected chi connectivity index (χ4v) is 2.41. The lowest BCUT2D eigenvalue weighted by molar-refractivity contribution is -0.142. The van der Waals surface area contributed by atoms with Crippen molar-refractivity contribution in [3.05, 3.63) is 26.0 Å². The van der Waals surface area contributed by atoms with Gasteiger partial charge in [-0.2, -0.15) is 0 Å². The molecule has 0 aliphatic heterocycles. The Kier molecular flexibility index (Phi) is 5.51. The lowest BCUT2D eigenvalue weighted by atomic mass is 10.1. The van der Waals surface area contributed by atoms with Gasteiger partial charge in [0.1, 0.15) is 5.15 Å². The summed E-state index contributed by atoms with van der Waals surface area (Å²) >= 11 is 7.31. The molecule has 0 atom stereocenters. The number of halogens is 4. The van der Waals surface area contributed by atoms with Crippen molar-refractivity contribution in [1.82, 2.24) is 4.98 Å². The van der Waals surface area contributed by atoms with Crippen LogP contribution >= 0.6 is 34.2 Å². The van der Waals surface area contributed by atoms with Crippen LogP contribution in [-0.2, 0) is 16.0 Å². The average Bonchev–Trinajstić information content (AvgIpc) is 2.22. The maximum Gasteiger partial charge on any atom is 0.310 e. The van der Waals surface area contributed by atoms with Crippen molar-refractivity contribution in [2.24, 2.45) is 0 Å². The molecule has 3 nitrogen and oxygen atoms in total. The summed E-state index contributed by atoms with van der Waals surface area (Å²) in [6.45, 7) is 1.92. The van der Waals surface area contributed by atoms with E-state index in [0.29, 0.717) is 5.56 Å². The van der Waals surface area contributed by atoms with Crippen LogP contribution in [0.3, 0.4) is 0 Å². The first-order valence-corrected chi connectivity index (χ1v) is 6.19. The van der Waals surface area contributed by atoms with Gasteiger partial charge in [0.05, 0.1) is 18.6 Å².